The topological polar surface area (TPSA) is 167 Å². The number of nitrogens with zero attached hydrogens (tertiary/aromatic N) is 1. The van der Waals surface area contributed by atoms with Crippen molar-refractivity contribution in [2.45, 2.75) is 94.4 Å². The molecule has 2 N–H and O–H groups in total. The van der Waals surface area contributed by atoms with Crippen LogP contribution >= 0.6 is 0 Å². The Bertz CT molecular complexity index is 2380. The van der Waals surface area contributed by atoms with Crippen molar-refractivity contribution in [3.05, 3.63) is 161 Å². The average molecular weight is 927 g/mol. The van der Waals surface area contributed by atoms with Gasteiger partial charge in [-0.1, -0.05) is 109 Å². The lowest BCUT2D eigenvalue weighted by atomic mass is 9.90. The molecule has 0 aromatic heterocycles. The van der Waals surface area contributed by atoms with Gasteiger partial charge in [0.05, 0.1) is 18.2 Å². The fourth-order valence-corrected chi connectivity index (χ4v) is 7.77. The number of halogens is 3. The van der Waals surface area contributed by atoms with Gasteiger partial charge in [-0.15, -0.1) is 0 Å². The quantitative estimate of drug-likeness (QED) is 0.0635. The number of aliphatic hydroxyl groups is 1. The van der Waals surface area contributed by atoms with Crippen LogP contribution in [0.2, 0.25) is 0 Å². The van der Waals surface area contributed by atoms with Gasteiger partial charge in [-0.3, -0.25) is 14.4 Å². The summed E-state index contributed by atoms with van der Waals surface area (Å²) in [5.74, 6) is -5.44. The number of likely N-dealkylation sites (N-methyl/N-ethyl adjacent to an activating group) is 1. The van der Waals surface area contributed by atoms with Gasteiger partial charge in [0.15, 0.2) is 6.61 Å². The highest BCUT2D eigenvalue weighted by Crippen LogP contribution is 2.47. The zero-order valence-corrected chi connectivity index (χ0v) is 37.4. The van der Waals surface area contributed by atoms with Crippen molar-refractivity contribution in [2.24, 2.45) is 0 Å². The first-order valence-corrected chi connectivity index (χ1v) is 21.7. The van der Waals surface area contributed by atoms with E-state index in [9.17, 15) is 42.3 Å². The van der Waals surface area contributed by atoms with Crippen molar-refractivity contribution in [1.82, 2.24) is 10.2 Å². The lowest BCUT2D eigenvalue weighted by Crippen LogP contribution is -2.53. The molecule has 0 spiro atoms. The Hall–Kier alpha value is -6.62. The molecule has 1 aliphatic heterocycles. The van der Waals surface area contributed by atoms with E-state index in [2.05, 4.69) is 10.1 Å². The van der Waals surface area contributed by atoms with E-state index in [1.54, 1.807) is 57.2 Å². The lowest BCUT2D eigenvalue weighted by Gasteiger charge is -2.34. The number of hydrogen-bond donors (Lipinski definition) is 2. The zero-order valence-electron chi connectivity index (χ0n) is 37.4. The predicted octanol–water partition coefficient (Wildman–Crippen LogP) is 7.01. The third-order valence-corrected chi connectivity index (χ3v) is 10.9. The van der Waals surface area contributed by atoms with Crippen molar-refractivity contribution in [1.29, 1.82) is 0 Å². The third kappa shape index (κ3) is 13.3. The predicted molar refractivity (Wildman–Crippen MR) is 239 cm³/mol. The molecule has 354 valence electrons. The molecular formula is C51H53F3N2O11. The smallest absolute Gasteiger partial charge is 0.422 e. The normalized spacial score (nSPS) is 18.7. The third-order valence-electron chi connectivity index (χ3n) is 10.9. The minimum Gasteiger partial charge on any atom is -0.460 e. The largest absolute Gasteiger partial charge is 0.460 e. The maximum Gasteiger partial charge on any atom is 0.422 e. The fourth-order valence-electron chi connectivity index (χ4n) is 7.77. The van der Waals surface area contributed by atoms with Crippen LogP contribution in [0.15, 0.2) is 133 Å². The number of rotatable bonds is 17. The number of esters is 3. The SMILES string of the molecule is CN(C(=O)C1=C[C@H]2OC(c3ccccc3)(c3ccccc3)O[C@H]2[C@H](OC(=O)c2ccccc2C=CC(=O)OCC(F)(F)F)C1)[C@H](Cc1ccccc1)C(=O)N[C@H](CO)CCC(=O)OC(C)(C)C. The molecule has 2 aliphatic rings. The lowest BCUT2D eigenvalue weighted by molar-refractivity contribution is -0.182. The van der Waals surface area contributed by atoms with Crippen molar-refractivity contribution in [3.63, 3.8) is 0 Å². The summed E-state index contributed by atoms with van der Waals surface area (Å²) in [7, 11) is 1.46. The Morgan fingerprint density at radius 3 is 2.06 bits per heavy atom. The van der Waals surface area contributed by atoms with E-state index in [4.69, 9.17) is 18.9 Å². The molecule has 0 saturated carbocycles. The van der Waals surface area contributed by atoms with Gasteiger partial charge in [0.1, 0.15) is 30.0 Å². The molecule has 4 aromatic carbocycles. The van der Waals surface area contributed by atoms with Gasteiger partial charge in [0, 0.05) is 49.1 Å². The van der Waals surface area contributed by atoms with Crippen LogP contribution in [-0.4, -0.2) is 102 Å². The molecule has 5 atom stereocenters. The molecule has 1 aliphatic carbocycles. The summed E-state index contributed by atoms with van der Waals surface area (Å²) >= 11 is 0. The van der Waals surface area contributed by atoms with Gasteiger partial charge in [-0.05, 0) is 56.5 Å². The molecule has 2 amide bonds. The number of benzene rings is 4. The molecule has 67 heavy (non-hydrogen) atoms. The highest BCUT2D eigenvalue weighted by atomic mass is 19.4. The van der Waals surface area contributed by atoms with Crippen LogP contribution in [0.5, 0.6) is 0 Å². The second-order valence-electron chi connectivity index (χ2n) is 17.1. The summed E-state index contributed by atoms with van der Waals surface area (Å²) in [6.07, 6.45) is -4.63. The number of aliphatic hydroxyl groups excluding tert-OH is 1. The standard InChI is InChI=1S/C51H53F3N2O11/c1-49(2,3)66-44(59)27-25-38(31-57)55-46(60)40(28-33-16-8-5-9-17-33)56(4)47(61)35-29-41(64-48(62)39-23-15-14-18-34(39)24-26-43(58)63-32-50(52,53)54)45-42(30-35)65-51(67-45,36-19-10-6-11-20-36)37-21-12-7-13-22-37/h5-24,26,30,38,40-42,45,57H,25,27-29,31-32H2,1-4H3,(H,55,60)/t38-,40+,41+,42+,45-/m0/s1. The van der Waals surface area contributed by atoms with Crippen LogP contribution in [0.25, 0.3) is 6.08 Å². The zero-order chi connectivity index (χ0) is 48.4. The van der Waals surface area contributed by atoms with Crippen LogP contribution in [0.1, 0.15) is 72.6 Å². The van der Waals surface area contributed by atoms with Crippen molar-refractivity contribution < 1.29 is 65.9 Å². The summed E-state index contributed by atoms with van der Waals surface area (Å²) in [5, 5.41) is 13.1. The van der Waals surface area contributed by atoms with Crippen molar-refractivity contribution >= 4 is 35.8 Å². The van der Waals surface area contributed by atoms with E-state index in [-0.39, 0.29) is 42.4 Å². The number of carbonyl (C=O) groups excluding carboxylic acids is 5. The maximum absolute atomic E-state index is 14.9. The molecule has 4 aromatic rings. The molecule has 1 fully saturated rings. The number of fused-ring (bicyclic) bond motifs is 1. The van der Waals surface area contributed by atoms with Gasteiger partial charge in [-0.25, -0.2) is 9.59 Å². The Labute approximate surface area is 386 Å². The molecule has 1 saturated heterocycles. The van der Waals surface area contributed by atoms with Crippen LogP contribution in [-0.2, 0) is 55.1 Å². The molecule has 13 nitrogen and oxygen atoms in total. The molecule has 0 unspecified atom stereocenters. The summed E-state index contributed by atoms with van der Waals surface area (Å²) in [5.41, 5.74) is 1.41. The molecular weight excluding hydrogens is 874 g/mol. The maximum atomic E-state index is 14.9. The van der Waals surface area contributed by atoms with E-state index < -0.39 is 90.9 Å². The Kier molecular flexibility index (Phi) is 16.2. The first kappa shape index (κ1) is 49.8. The number of amides is 2. The number of hydrogen-bond acceptors (Lipinski definition) is 11. The average Bonchev–Trinajstić information content (AvgIpc) is 3.72. The molecule has 0 bridgehead atoms. The van der Waals surface area contributed by atoms with E-state index in [1.165, 1.54) is 30.1 Å². The first-order valence-electron chi connectivity index (χ1n) is 21.7. The number of ether oxygens (including phenoxy) is 5. The molecule has 1 heterocycles. The number of alkyl halides is 3. The first-order chi connectivity index (χ1) is 31.9. The number of carbonyl (C=O) groups is 5. The van der Waals surface area contributed by atoms with E-state index in [0.29, 0.717) is 11.1 Å². The van der Waals surface area contributed by atoms with Crippen molar-refractivity contribution in [3.8, 4) is 0 Å². The van der Waals surface area contributed by atoms with Gasteiger partial charge in [0.25, 0.3) is 0 Å². The summed E-state index contributed by atoms with van der Waals surface area (Å²) < 4.78 is 67.6. The Morgan fingerprint density at radius 1 is 0.866 bits per heavy atom. The Balaban J connectivity index is 1.32. The highest BCUT2D eigenvalue weighted by molar-refractivity contribution is 5.98. The van der Waals surface area contributed by atoms with Gasteiger partial charge >= 0.3 is 24.1 Å². The van der Waals surface area contributed by atoms with Gasteiger partial charge in [-0.2, -0.15) is 13.2 Å². The van der Waals surface area contributed by atoms with Gasteiger partial charge < -0.3 is 39.0 Å². The highest BCUT2D eigenvalue weighted by Gasteiger charge is 2.55. The minimum absolute atomic E-state index is 0.0560. The van der Waals surface area contributed by atoms with Crippen molar-refractivity contribution in [2.75, 3.05) is 20.3 Å². The summed E-state index contributed by atoms with van der Waals surface area (Å²) in [6.45, 7) is 2.91. The summed E-state index contributed by atoms with van der Waals surface area (Å²) in [6, 6.07) is 31.1. The fraction of sp³-hybridized carbons (Fsp3) is 0.353. The summed E-state index contributed by atoms with van der Waals surface area (Å²) in [4.78, 5) is 69.2. The molecule has 0 radical (unpaired) electrons. The Morgan fingerprint density at radius 2 is 1.46 bits per heavy atom. The number of nitrogens with one attached hydrogen (secondary N) is 1. The van der Waals surface area contributed by atoms with E-state index in [1.807, 2.05) is 66.7 Å². The van der Waals surface area contributed by atoms with E-state index in [0.717, 1.165) is 17.7 Å². The van der Waals surface area contributed by atoms with E-state index >= 15 is 0 Å². The van der Waals surface area contributed by atoms with Crippen LogP contribution < -0.4 is 5.32 Å². The van der Waals surface area contributed by atoms with Gasteiger partial charge in [0.2, 0.25) is 17.6 Å². The van der Waals surface area contributed by atoms with Crippen LogP contribution in [0.4, 0.5) is 13.2 Å². The second kappa shape index (κ2) is 21.8. The second-order valence-corrected chi connectivity index (χ2v) is 17.1. The van der Waals surface area contributed by atoms with Crippen LogP contribution in [0.3, 0.4) is 0 Å². The minimum atomic E-state index is -4.74. The van der Waals surface area contributed by atoms with Crippen LogP contribution in [0, 0.1) is 0 Å². The monoisotopic (exact) mass is 926 g/mol. The molecule has 16 heteroatoms. The molecule has 6 rings (SSSR count).